The zero-order valence-electron chi connectivity index (χ0n) is 19.0. The summed E-state index contributed by atoms with van der Waals surface area (Å²) >= 11 is 0. The van der Waals surface area contributed by atoms with Crippen molar-refractivity contribution in [2.75, 3.05) is 18.5 Å². The summed E-state index contributed by atoms with van der Waals surface area (Å²) in [6.07, 6.45) is 0.569. The van der Waals surface area contributed by atoms with Crippen molar-refractivity contribution in [2.24, 2.45) is 0 Å². The number of para-hydroxylation sites is 1. The molecule has 2 aromatic carbocycles. The van der Waals surface area contributed by atoms with Gasteiger partial charge in [0, 0.05) is 12.0 Å². The van der Waals surface area contributed by atoms with Crippen LogP contribution in [-0.4, -0.2) is 40.7 Å². The minimum Gasteiger partial charge on any atom is -0.494 e. The highest BCUT2D eigenvalue weighted by molar-refractivity contribution is 5.94. The second kappa shape index (κ2) is 11.1. The Morgan fingerprint density at radius 2 is 1.70 bits per heavy atom. The molecule has 0 bridgehead atoms. The lowest BCUT2D eigenvalue weighted by molar-refractivity contribution is -0.147. The number of ketones is 1. The molecule has 3 aromatic rings. The first kappa shape index (κ1) is 23.7. The van der Waals surface area contributed by atoms with Gasteiger partial charge in [0.25, 0.3) is 5.91 Å². The molecule has 1 N–H and O–H groups in total. The number of nitrogens with zero attached hydrogens (tertiary/aromatic N) is 2. The van der Waals surface area contributed by atoms with Crippen molar-refractivity contribution >= 4 is 23.3 Å². The normalized spacial score (nSPS) is 10.5. The highest BCUT2D eigenvalue weighted by Gasteiger charge is 2.16. The smallest absolute Gasteiger partial charge is 0.306 e. The van der Waals surface area contributed by atoms with Crippen LogP contribution in [0.2, 0.25) is 0 Å². The van der Waals surface area contributed by atoms with Crippen molar-refractivity contribution in [3.8, 4) is 11.4 Å². The number of esters is 1. The van der Waals surface area contributed by atoms with Gasteiger partial charge < -0.3 is 14.8 Å². The maximum absolute atomic E-state index is 12.3. The molecule has 0 unspecified atom stereocenters. The molecule has 1 heterocycles. The summed E-state index contributed by atoms with van der Waals surface area (Å²) in [5.41, 5.74) is 3.56. The highest BCUT2D eigenvalue weighted by atomic mass is 16.5. The molecular weight excluding hydrogens is 422 g/mol. The number of ether oxygens (including phenoxy) is 2. The van der Waals surface area contributed by atoms with E-state index in [0.29, 0.717) is 35.7 Å². The summed E-state index contributed by atoms with van der Waals surface area (Å²) < 4.78 is 12.4. The molecule has 1 aromatic heterocycles. The number of aryl methyl sites for hydroxylation is 1. The monoisotopic (exact) mass is 449 g/mol. The Labute approximate surface area is 192 Å². The average Bonchev–Trinajstić information content (AvgIpc) is 3.09. The number of carbonyl (C=O) groups excluding carboxylic acids is 3. The second-order valence-corrected chi connectivity index (χ2v) is 7.53. The van der Waals surface area contributed by atoms with Crippen LogP contribution in [0.5, 0.6) is 5.75 Å². The van der Waals surface area contributed by atoms with Crippen LogP contribution in [0.25, 0.3) is 5.69 Å². The van der Waals surface area contributed by atoms with Gasteiger partial charge in [-0.2, -0.15) is 5.10 Å². The van der Waals surface area contributed by atoms with E-state index in [2.05, 4.69) is 10.4 Å². The molecule has 0 atom stereocenters. The van der Waals surface area contributed by atoms with Crippen molar-refractivity contribution in [3.05, 3.63) is 71.5 Å². The van der Waals surface area contributed by atoms with Gasteiger partial charge in [-0.05, 0) is 63.6 Å². The van der Waals surface area contributed by atoms with Crippen molar-refractivity contribution in [1.82, 2.24) is 9.78 Å². The van der Waals surface area contributed by atoms with Gasteiger partial charge in [-0.15, -0.1) is 0 Å². The van der Waals surface area contributed by atoms with Gasteiger partial charge in [0.2, 0.25) is 0 Å². The Morgan fingerprint density at radius 1 is 1.00 bits per heavy atom. The van der Waals surface area contributed by atoms with Crippen molar-refractivity contribution in [2.45, 2.75) is 33.6 Å². The first-order chi connectivity index (χ1) is 15.8. The van der Waals surface area contributed by atoms with Crippen LogP contribution in [0.4, 0.5) is 5.69 Å². The molecular formula is C25H27N3O5. The second-order valence-electron chi connectivity index (χ2n) is 7.53. The van der Waals surface area contributed by atoms with Crippen LogP contribution in [0, 0.1) is 13.8 Å². The van der Waals surface area contributed by atoms with Gasteiger partial charge in [-0.1, -0.05) is 18.2 Å². The third-order valence-electron chi connectivity index (χ3n) is 4.98. The van der Waals surface area contributed by atoms with Gasteiger partial charge in [-0.3, -0.25) is 14.4 Å². The Kier molecular flexibility index (Phi) is 7.96. The van der Waals surface area contributed by atoms with Crippen molar-refractivity contribution < 1.29 is 23.9 Å². The van der Waals surface area contributed by atoms with E-state index in [9.17, 15) is 14.4 Å². The van der Waals surface area contributed by atoms with Crippen molar-refractivity contribution in [1.29, 1.82) is 0 Å². The molecule has 33 heavy (non-hydrogen) atoms. The SMILES string of the molecule is CC(=O)c1ccc(OCCCC(=O)OCC(=O)Nc2c(C)nn(-c3ccccc3)c2C)cc1. The first-order valence-electron chi connectivity index (χ1n) is 10.7. The number of Topliss-reactive ketones (excluding diaryl/α,β-unsaturated/α-hetero) is 1. The van der Waals surface area contributed by atoms with Gasteiger partial charge >= 0.3 is 5.97 Å². The van der Waals surface area contributed by atoms with E-state index in [-0.39, 0.29) is 18.8 Å². The molecule has 172 valence electrons. The molecule has 8 nitrogen and oxygen atoms in total. The topological polar surface area (TPSA) is 99.5 Å². The molecule has 0 aliphatic carbocycles. The number of aromatic nitrogens is 2. The molecule has 0 fully saturated rings. The lowest BCUT2D eigenvalue weighted by Crippen LogP contribution is -2.21. The largest absolute Gasteiger partial charge is 0.494 e. The number of hydrogen-bond donors (Lipinski definition) is 1. The maximum Gasteiger partial charge on any atom is 0.306 e. The van der Waals surface area contributed by atoms with Gasteiger partial charge in [0.05, 0.1) is 29.4 Å². The van der Waals surface area contributed by atoms with E-state index >= 15 is 0 Å². The Morgan fingerprint density at radius 3 is 2.36 bits per heavy atom. The fraction of sp³-hybridized carbons (Fsp3) is 0.280. The number of nitrogens with one attached hydrogen (secondary N) is 1. The van der Waals surface area contributed by atoms with E-state index in [1.807, 2.05) is 44.2 Å². The average molecular weight is 450 g/mol. The quantitative estimate of drug-likeness (QED) is 0.285. The zero-order valence-corrected chi connectivity index (χ0v) is 19.0. The van der Waals surface area contributed by atoms with Crippen LogP contribution in [0.3, 0.4) is 0 Å². The molecule has 0 saturated heterocycles. The third kappa shape index (κ3) is 6.52. The van der Waals surface area contributed by atoms with Crippen LogP contribution >= 0.6 is 0 Å². The van der Waals surface area contributed by atoms with Crippen LogP contribution in [0.15, 0.2) is 54.6 Å². The molecule has 0 radical (unpaired) electrons. The summed E-state index contributed by atoms with van der Waals surface area (Å²) in [7, 11) is 0. The standard InChI is InChI=1S/C25H27N3O5/c1-17-25(18(2)28(27-17)21-8-5-4-6-9-21)26-23(30)16-33-24(31)10-7-15-32-22-13-11-20(12-14-22)19(3)29/h4-6,8-9,11-14H,7,10,15-16H2,1-3H3,(H,26,30). The van der Waals surface area contributed by atoms with E-state index < -0.39 is 11.9 Å². The van der Waals surface area contributed by atoms with E-state index in [1.54, 1.807) is 28.9 Å². The number of amides is 1. The molecule has 8 heteroatoms. The Balaban J connectivity index is 1.40. The van der Waals surface area contributed by atoms with Crippen LogP contribution < -0.4 is 10.1 Å². The lowest BCUT2D eigenvalue weighted by atomic mass is 10.1. The Hall–Kier alpha value is -3.94. The highest BCUT2D eigenvalue weighted by Crippen LogP contribution is 2.22. The predicted octanol–water partition coefficient (Wildman–Crippen LogP) is 4.03. The minimum absolute atomic E-state index is 0.0105. The van der Waals surface area contributed by atoms with Crippen LogP contribution in [-0.2, 0) is 14.3 Å². The number of carbonyl (C=O) groups is 3. The number of rotatable bonds is 10. The summed E-state index contributed by atoms with van der Waals surface area (Å²) in [4.78, 5) is 35.5. The van der Waals surface area contributed by atoms with Gasteiger partial charge in [0.1, 0.15) is 5.75 Å². The Bertz CT molecular complexity index is 1120. The summed E-state index contributed by atoms with van der Waals surface area (Å²) in [5, 5.41) is 7.26. The molecule has 0 aliphatic heterocycles. The zero-order chi connectivity index (χ0) is 23.8. The molecule has 0 spiro atoms. The molecule has 0 saturated carbocycles. The summed E-state index contributed by atoms with van der Waals surface area (Å²) in [6.45, 7) is 5.12. The summed E-state index contributed by atoms with van der Waals surface area (Å²) in [6, 6.07) is 16.4. The third-order valence-corrected chi connectivity index (χ3v) is 4.98. The van der Waals surface area contributed by atoms with Gasteiger partial charge in [0.15, 0.2) is 12.4 Å². The summed E-state index contributed by atoms with van der Waals surface area (Å²) in [5.74, 6) is -0.295. The van der Waals surface area contributed by atoms with Gasteiger partial charge in [-0.25, -0.2) is 4.68 Å². The minimum atomic E-state index is -0.478. The number of anilines is 1. The molecule has 3 rings (SSSR count). The fourth-order valence-electron chi connectivity index (χ4n) is 3.23. The number of hydrogen-bond acceptors (Lipinski definition) is 6. The maximum atomic E-state index is 12.3. The van der Waals surface area contributed by atoms with E-state index in [1.165, 1.54) is 6.92 Å². The van der Waals surface area contributed by atoms with E-state index in [4.69, 9.17) is 9.47 Å². The first-order valence-corrected chi connectivity index (χ1v) is 10.7. The fourth-order valence-corrected chi connectivity index (χ4v) is 3.23. The van der Waals surface area contributed by atoms with Crippen molar-refractivity contribution in [3.63, 3.8) is 0 Å². The van der Waals surface area contributed by atoms with Crippen LogP contribution in [0.1, 0.15) is 41.5 Å². The predicted molar refractivity (Wildman–Crippen MR) is 124 cm³/mol. The molecule has 1 amide bonds. The molecule has 0 aliphatic rings. The number of benzene rings is 2. The lowest BCUT2D eigenvalue weighted by Gasteiger charge is -2.09. The van der Waals surface area contributed by atoms with E-state index in [0.717, 1.165) is 11.4 Å².